The van der Waals surface area contributed by atoms with Crippen molar-refractivity contribution in [3.8, 4) is 0 Å². The SMILES string of the molecule is C=COCC1OC(COCC2OC(COC=C)C(OC=C)C(OC=C)C2OC=C)C(OC=C)C(OC=C)C1OC=C.C=COCC1OC(OC=C)C(OC=C)C(OC=C)C1COCC1OC(COC=C)C(OC=C)C(OC=C)C1OC=C. The fraction of sp³-hybridized carbons (Fsp3) is 0.467. The van der Waals surface area contributed by atoms with E-state index < -0.39 is 122 Å². The summed E-state index contributed by atoms with van der Waals surface area (Å²) in [4.78, 5) is 0. The van der Waals surface area contributed by atoms with Gasteiger partial charge in [0.25, 0.3) is 0 Å². The summed E-state index contributed by atoms with van der Waals surface area (Å²) in [5.41, 5.74) is 0. The molecular weight excluding hydrogens is 1070 g/mol. The summed E-state index contributed by atoms with van der Waals surface area (Å²) in [6.07, 6.45) is 8.50. The van der Waals surface area contributed by atoms with Gasteiger partial charge < -0.3 is 104 Å². The highest BCUT2D eigenvalue weighted by atomic mass is 16.7. The topological polar surface area (TPSA) is 203 Å². The molecule has 20 atom stereocenters. The van der Waals surface area contributed by atoms with Crippen LogP contribution in [0.4, 0.5) is 0 Å². The van der Waals surface area contributed by atoms with Gasteiger partial charge in [0.05, 0.1) is 133 Å². The summed E-state index contributed by atoms with van der Waals surface area (Å²) in [6, 6.07) is 0. The Morgan fingerprint density at radius 2 is 0.439 bits per heavy atom. The molecule has 4 aliphatic rings. The molecule has 0 bridgehead atoms. The highest BCUT2D eigenvalue weighted by molar-refractivity contribution is 5.02. The number of rotatable bonds is 44. The van der Waals surface area contributed by atoms with Crippen molar-refractivity contribution in [2.45, 2.75) is 116 Å². The molecule has 4 rings (SSSR count). The molecule has 22 nitrogen and oxygen atoms in total. The predicted molar refractivity (Wildman–Crippen MR) is 301 cm³/mol. The van der Waals surface area contributed by atoms with Crippen molar-refractivity contribution in [3.63, 3.8) is 0 Å². The summed E-state index contributed by atoms with van der Waals surface area (Å²) in [5.74, 6) is -0.415. The van der Waals surface area contributed by atoms with Crippen molar-refractivity contribution >= 4 is 0 Å². The van der Waals surface area contributed by atoms with Crippen LogP contribution in [0.15, 0.2) is 205 Å². The molecule has 4 saturated heterocycles. The van der Waals surface area contributed by atoms with Gasteiger partial charge in [-0.15, -0.1) is 0 Å². The predicted octanol–water partition coefficient (Wildman–Crippen LogP) is 8.27. The van der Waals surface area contributed by atoms with Gasteiger partial charge in [-0.05, 0) is 0 Å². The van der Waals surface area contributed by atoms with Crippen LogP contribution in [0.3, 0.4) is 0 Å². The third-order valence-electron chi connectivity index (χ3n) is 12.7. The standard InChI is InChI=1S/2C30H42O11/c1-9-31-17-21-25(34-11-3)29(38-15-7)27(36-13-5)23(40-21)19-33-20-24-28(37-14-6)30(39-16-8)26(35-12-4)22(41-24)18-32-10-2;1-9-31-18-22-21(25(34-11-3)29(38-15-7)30(41-22)39-16-8)17-33-20-24-27(36-13-5)28(37-14-6)26(35-12-4)23(40-24)19-32-10-2/h2*9-16,21-30H,1-8,17-20H2. The second-order valence-electron chi connectivity index (χ2n) is 17.2. The second-order valence-corrected chi connectivity index (χ2v) is 17.2. The van der Waals surface area contributed by atoms with E-state index in [0.717, 1.165) is 0 Å². The minimum Gasteiger partial charge on any atom is -0.499 e. The molecule has 0 aromatic rings. The molecule has 4 aliphatic heterocycles. The Labute approximate surface area is 483 Å². The average Bonchev–Trinajstić information content (AvgIpc) is 3.22. The monoisotopic (exact) mass is 1160 g/mol. The Balaban J connectivity index is 0.000000430. The van der Waals surface area contributed by atoms with Crippen LogP contribution in [0.2, 0.25) is 0 Å². The molecule has 0 aliphatic carbocycles. The molecule has 0 aromatic carbocycles. The van der Waals surface area contributed by atoms with Crippen LogP contribution in [0, 0.1) is 5.92 Å². The normalized spacial score (nSPS) is 32.5. The zero-order valence-corrected chi connectivity index (χ0v) is 46.7. The molecule has 0 saturated carbocycles. The Bertz CT molecular complexity index is 1930. The maximum Gasteiger partial charge on any atom is 0.240 e. The van der Waals surface area contributed by atoms with E-state index in [1.807, 2.05) is 0 Å². The molecule has 456 valence electrons. The molecule has 4 heterocycles. The minimum atomic E-state index is -0.860. The Morgan fingerprint density at radius 3 is 0.720 bits per heavy atom. The van der Waals surface area contributed by atoms with Gasteiger partial charge in [-0.2, -0.15) is 0 Å². The quantitative estimate of drug-likeness (QED) is 0.0527. The van der Waals surface area contributed by atoms with Gasteiger partial charge in [-0.25, -0.2) is 0 Å². The van der Waals surface area contributed by atoms with Crippen molar-refractivity contribution in [1.82, 2.24) is 0 Å². The van der Waals surface area contributed by atoms with Gasteiger partial charge in [0, 0.05) is 0 Å². The summed E-state index contributed by atoms with van der Waals surface area (Å²) < 4.78 is 128. The van der Waals surface area contributed by atoms with Crippen molar-refractivity contribution in [1.29, 1.82) is 0 Å². The first-order valence-corrected chi connectivity index (χ1v) is 25.9. The lowest BCUT2D eigenvalue weighted by atomic mass is 9.89. The van der Waals surface area contributed by atoms with Crippen LogP contribution in [-0.2, 0) is 104 Å². The van der Waals surface area contributed by atoms with E-state index >= 15 is 0 Å². The highest BCUT2D eigenvalue weighted by Gasteiger charge is 2.54. The molecule has 4 fully saturated rings. The van der Waals surface area contributed by atoms with E-state index in [1.54, 1.807) is 0 Å². The first-order valence-electron chi connectivity index (χ1n) is 25.9. The Hall–Kier alpha value is -7.60. The highest BCUT2D eigenvalue weighted by Crippen LogP contribution is 2.36. The van der Waals surface area contributed by atoms with Gasteiger partial charge in [0.2, 0.25) is 6.29 Å². The largest absolute Gasteiger partial charge is 0.499 e. The third kappa shape index (κ3) is 19.8. The van der Waals surface area contributed by atoms with E-state index in [1.165, 1.54) is 100 Å². The lowest BCUT2D eigenvalue weighted by molar-refractivity contribution is -0.285. The fourth-order valence-electron chi connectivity index (χ4n) is 9.57. The molecule has 82 heavy (non-hydrogen) atoms. The summed E-state index contributed by atoms with van der Waals surface area (Å²) in [7, 11) is 0. The zero-order chi connectivity index (χ0) is 60.1. The van der Waals surface area contributed by atoms with Gasteiger partial charge >= 0.3 is 0 Å². The molecule has 20 unspecified atom stereocenters. The van der Waals surface area contributed by atoms with Crippen LogP contribution in [-0.4, -0.2) is 169 Å². The van der Waals surface area contributed by atoms with Crippen molar-refractivity contribution in [2.24, 2.45) is 5.92 Å². The molecular formula is C60H84O22. The van der Waals surface area contributed by atoms with Crippen LogP contribution >= 0.6 is 0 Å². The Kier molecular flexibility index (Phi) is 33.3. The average molecular weight is 1160 g/mol. The van der Waals surface area contributed by atoms with E-state index in [-0.39, 0.29) is 52.9 Å². The lowest BCUT2D eigenvalue weighted by Gasteiger charge is -2.45. The lowest BCUT2D eigenvalue weighted by Crippen LogP contribution is -2.62. The van der Waals surface area contributed by atoms with Crippen LogP contribution in [0.25, 0.3) is 0 Å². The smallest absolute Gasteiger partial charge is 0.240 e. The minimum absolute atomic E-state index is 0.0645. The molecule has 0 spiro atoms. The zero-order valence-electron chi connectivity index (χ0n) is 46.7. The van der Waals surface area contributed by atoms with Crippen molar-refractivity contribution < 1.29 is 104 Å². The summed E-state index contributed by atoms with van der Waals surface area (Å²) in [6.45, 7) is 59.3. The first-order chi connectivity index (χ1) is 40.1. The van der Waals surface area contributed by atoms with E-state index in [4.69, 9.17) is 104 Å². The summed E-state index contributed by atoms with van der Waals surface area (Å²) >= 11 is 0. The second kappa shape index (κ2) is 39.7. The maximum absolute atomic E-state index is 6.32. The van der Waals surface area contributed by atoms with Crippen LogP contribution in [0.5, 0.6) is 0 Å². The Morgan fingerprint density at radius 1 is 0.207 bits per heavy atom. The van der Waals surface area contributed by atoms with Crippen LogP contribution < -0.4 is 0 Å². The van der Waals surface area contributed by atoms with E-state index in [2.05, 4.69) is 105 Å². The van der Waals surface area contributed by atoms with Crippen LogP contribution in [0.1, 0.15) is 0 Å². The number of hydrogen-bond donors (Lipinski definition) is 0. The van der Waals surface area contributed by atoms with Gasteiger partial charge in [-0.1, -0.05) is 105 Å². The molecule has 0 N–H and O–H groups in total. The fourth-order valence-corrected chi connectivity index (χ4v) is 9.57. The molecule has 0 aromatic heterocycles. The van der Waals surface area contributed by atoms with Gasteiger partial charge in [0.1, 0.15) is 75.3 Å². The van der Waals surface area contributed by atoms with Crippen molar-refractivity contribution in [2.75, 3.05) is 52.9 Å². The number of hydrogen-bond acceptors (Lipinski definition) is 22. The first kappa shape index (κ1) is 68.7. The van der Waals surface area contributed by atoms with Crippen molar-refractivity contribution in [3.05, 3.63) is 205 Å². The van der Waals surface area contributed by atoms with Gasteiger partial charge in [-0.3, -0.25) is 0 Å². The molecule has 0 amide bonds. The summed E-state index contributed by atoms with van der Waals surface area (Å²) in [5, 5.41) is 0. The molecule has 22 heteroatoms. The van der Waals surface area contributed by atoms with E-state index in [9.17, 15) is 0 Å². The number of ether oxygens (including phenoxy) is 22. The maximum atomic E-state index is 6.32. The van der Waals surface area contributed by atoms with E-state index in [0.29, 0.717) is 0 Å². The molecule has 0 radical (unpaired) electrons. The third-order valence-corrected chi connectivity index (χ3v) is 12.7. The van der Waals surface area contributed by atoms with Gasteiger partial charge in [0.15, 0.2) is 61.0 Å².